The molecule has 29 heavy (non-hydrogen) atoms. The summed E-state index contributed by atoms with van der Waals surface area (Å²) in [7, 11) is 1.57. The van der Waals surface area contributed by atoms with Crippen LogP contribution in [-0.4, -0.2) is 33.0 Å². The first kappa shape index (κ1) is 17.6. The maximum absolute atomic E-state index is 12.3. The maximum atomic E-state index is 12.3. The average Bonchev–Trinajstić information content (AvgIpc) is 3.18. The van der Waals surface area contributed by atoms with Crippen molar-refractivity contribution in [2.75, 3.05) is 12.4 Å². The van der Waals surface area contributed by atoms with Crippen molar-refractivity contribution in [2.24, 2.45) is 0 Å². The number of hydrogen-bond acceptors (Lipinski definition) is 5. The van der Waals surface area contributed by atoms with E-state index in [1.807, 2.05) is 30.3 Å². The predicted octanol–water partition coefficient (Wildman–Crippen LogP) is 3.95. The fraction of sp³-hybridized carbons (Fsp3) is 0.143. The van der Waals surface area contributed by atoms with E-state index in [-0.39, 0.29) is 11.8 Å². The Labute approximate surface area is 171 Å². The summed E-state index contributed by atoms with van der Waals surface area (Å²) in [6.45, 7) is 0. The van der Waals surface area contributed by atoms with E-state index in [9.17, 15) is 4.79 Å². The summed E-state index contributed by atoms with van der Waals surface area (Å²) in [4.78, 5) is 17.9. The molecule has 1 atom stereocenters. The monoisotopic (exact) mass is 405 g/mol. The minimum absolute atomic E-state index is 0.0204. The number of pyridine rings is 1. The van der Waals surface area contributed by atoms with Crippen LogP contribution in [0, 0.1) is 0 Å². The Balaban J connectivity index is 1.68. The van der Waals surface area contributed by atoms with Crippen LogP contribution >= 0.6 is 11.6 Å². The average molecular weight is 406 g/mol. The normalized spacial score (nSPS) is 15.8. The summed E-state index contributed by atoms with van der Waals surface area (Å²) < 4.78 is 5.21. The largest absolute Gasteiger partial charge is 0.495 e. The quantitative estimate of drug-likeness (QED) is 0.558. The Morgan fingerprint density at radius 1 is 1.14 bits per heavy atom. The molecule has 1 N–H and O–H groups in total. The van der Waals surface area contributed by atoms with Gasteiger partial charge in [0.1, 0.15) is 16.8 Å². The van der Waals surface area contributed by atoms with E-state index < -0.39 is 0 Å². The molecule has 144 valence electrons. The Morgan fingerprint density at radius 2 is 1.97 bits per heavy atom. The molecule has 0 saturated carbocycles. The highest BCUT2D eigenvalue weighted by Gasteiger charge is 2.30. The number of aromatic nitrogens is 4. The molecule has 1 unspecified atom stereocenters. The van der Waals surface area contributed by atoms with Crippen LogP contribution in [0.1, 0.15) is 23.5 Å². The van der Waals surface area contributed by atoms with Gasteiger partial charge in [-0.1, -0.05) is 11.6 Å². The lowest BCUT2D eigenvalue weighted by Crippen LogP contribution is -2.23. The van der Waals surface area contributed by atoms with Gasteiger partial charge < -0.3 is 10.1 Å². The molecule has 0 aliphatic carbocycles. The lowest BCUT2D eigenvalue weighted by atomic mass is 9.84. The van der Waals surface area contributed by atoms with Crippen LogP contribution < -0.4 is 10.1 Å². The third kappa shape index (κ3) is 3.00. The first-order chi connectivity index (χ1) is 14.1. The molecule has 2 aromatic heterocycles. The molecule has 7 nitrogen and oxygen atoms in total. The number of nitrogens with one attached hydrogen (secondary N) is 1. The molecule has 0 fully saturated rings. The number of carbonyl (C=O) groups is 1. The predicted molar refractivity (Wildman–Crippen MR) is 110 cm³/mol. The number of benzene rings is 2. The van der Waals surface area contributed by atoms with Crippen LogP contribution in [0.3, 0.4) is 0 Å². The summed E-state index contributed by atoms with van der Waals surface area (Å²) in [5.41, 5.74) is 4.95. The Kier molecular flexibility index (Phi) is 4.17. The van der Waals surface area contributed by atoms with Gasteiger partial charge in [-0.2, -0.15) is 4.80 Å². The molecule has 0 spiro atoms. The number of hydrogen-bond donors (Lipinski definition) is 1. The van der Waals surface area contributed by atoms with Crippen LogP contribution in [0.4, 0.5) is 5.69 Å². The summed E-state index contributed by atoms with van der Waals surface area (Å²) in [6.07, 6.45) is 3.81. The zero-order chi connectivity index (χ0) is 20.0. The highest BCUT2D eigenvalue weighted by Crippen LogP contribution is 2.40. The summed E-state index contributed by atoms with van der Waals surface area (Å²) in [5.74, 6) is 0.452. The van der Waals surface area contributed by atoms with Gasteiger partial charge in [-0.15, -0.1) is 10.2 Å². The number of nitrogens with zero attached hydrogens (tertiary/aromatic N) is 4. The Hall–Kier alpha value is -3.45. The van der Waals surface area contributed by atoms with Crippen molar-refractivity contribution < 1.29 is 9.53 Å². The van der Waals surface area contributed by atoms with E-state index in [1.165, 1.54) is 0 Å². The molecule has 1 aliphatic rings. The topological polar surface area (TPSA) is 81.9 Å². The van der Waals surface area contributed by atoms with Gasteiger partial charge in [-0.05, 0) is 48.0 Å². The molecular formula is C21H16ClN5O2. The second-order valence-corrected chi connectivity index (χ2v) is 7.20. The van der Waals surface area contributed by atoms with Gasteiger partial charge in [0.05, 0.1) is 17.8 Å². The molecule has 1 amide bonds. The molecule has 8 heteroatoms. The lowest BCUT2D eigenvalue weighted by molar-refractivity contribution is -0.116. The van der Waals surface area contributed by atoms with Crippen molar-refractivity contribution in [3.63, 3.8) is 0 Å². The number of amides is 1. The number of rotatable bonds is 3. The standard InChI is InChI=1S/C21H16ClN5O2/c1-29-18-5-2-13(10-15(18)22)27-25-17-4-3-16-20(21(17)26-27)14(11-19(28)24-16)12-6-8-23-9-7-12/h2-10,14H,11H2,1H3,(H,24,28). The second-order valence-electron chi connectivity index (χ2n) is 6.79. The maximum Gasteiger partial charge on any atom is 0.225 e. The molecule has 0 radical (unpaired) electrons. The van der Waals surface area contributed by atoms with Gasteiger partial charge in [0.15, 0.2) is 0 Å². The summed E-state index contributed by atoms with van der Waals surface area (Å²) in [5, 5.41) is 12.8. The highest BCUT2D eigenvalue weighted by atomic mass is 35.5. The van der Waals surface area contributed by atoms with Crippen molar-refractivity contribution in [3.8, 4) is 11.4 Å². The molecular weight excluding hydrogens is 390 g/mol. The number of anilines is 1. The van der Waals surface area contributed by atoms with Gasteiger partial charge in [0, 0.05) is 36.0 Å². The van der Waals surface area contributed by atoms with Crippen molar-refractivity contribution in [2.45, 2.75) is 12.3 Å². The lowest BCUT2D eigenvalue weighted by Gasteiger charge is -2.25. The Morgan fingerprint density at radius 3 is 2.72 bits per heavy atom. The second kappa shape index (κ2) is 6.86. The molecule has 3 heterocycles. The Bertz CT molecular complexity index is 1240. The number of carbonyl (C=O) groups excluding carboxylic acids is 1. The van der Waals surface area contributed by atoms with Gasteiger partial charge >= 0.3 is 0 Å². The van der Waals surface area contributed by atoms with E-state index in [0.29, 0.717) is 17.2 Å². The van der Waals surface area contributed by atoms with Crippen LogP contribution in [0.2, 0.25) is 5.02 Å². The van der Waals surface area contributed by atoms with Gasteiger partial charge in [0.25, 0.3) is 0 Å². The van der Waals surface area contributed by atoms with Crippen molar-refractivity contribution in [3.05, 3.63) is 71.0 Å². The van der Waals surface area contributed by atoms with Crippen LogP contribution in [0.15, 0.2) is 54.9 Å². The van der Waals surface area contributed by atoms with Crippen molar-refractivity contribution >= 4 is 34.2 Å². The van der Waals surface area contributed by atoms with E-state index in [4.69, 9.17) is 21.4 Å². The first-order valence-corrected chi connectivity index (χ1v) is 9.45. The summed E-state index contributed by atoms with van der Waals surface area (Å²) in [6, 6.07) is 13.0. The van der Waals surface area contributed by atoms with Gasteiger partial charge in [-0.3, -0.25) is 9.78 Å². The minimum atomic E-state index is -0.116. The van der Waals surface area contributed by atoms with Crippen LogP contribution in [-0.2, 0) is 4.79 Å². The number of halogens is 1. The summed E-state index contributed by atoms with van der Waals surface area (Å²) >= 11 is 6.27. The van der Waals surface area contributed by atoms with Crippen molar-refractivity contribution in [1.82, 2.24) is 20.0 Å². The third-order valence-electron chi connectivity index (χ3n) is 5.08. The van der Waals surface area contributed by atoms with E-state index in [1.54, 1.807) is 36.4 Å². The van der Waals surface area contributed by atoms with Crippen LogP contribution in [0.25, 0.3) is 16.7 Å². The molecule has 0 saturated heterocycles. The minimum Gasteiger partial charge on any atom is -0.495 e. The number of ether oxygens (including phenoxy) is 1. The number of fused-ring (bicyclic) bond motifs is 3. The SMILES string of the molecule is COc1ccc(-n2nc3ccc4c(c3n2)C(c2ccncc2)CC(=O)N4)cc1Cl. The first-order valence-electron chi connectivity index (χ1n) is 9.07. The van der Waals surface area contributed by atoms with E-state index >= 15 is 0 Å². The van der Waals surface area contributed by atoms with Crippen molar-refractivity contribution in [1.29, 1.82) is 0 Å². The van der Waals surface area contributed by atoms with E-state index in [2.05, 4.69) is 15.4 Å². The molecule has 4 aromatic rings. The van der Waals surface area contributed by atoms with Gasteiger partial charge in [0.2, 0.25) is 5.91 Å². The molecule has 5 rings (SSSR count). The van der Waals surface area contributed by atoms with Gasteiger partial charge in [-0.25, -0.2) is 0 Å². The molecule has 1 aliphatic heterocycles. The van der Waals surface area contributed by atoms with Crippen LogP contribution in [0.5, 0.6) is 5.75 Å². The van der Waals surface area contributed by atoms with E-state index in [0.717, 1.165) is 33.5 Å². The zero-order valence-corrected chi connectivity index (χ0v) is 16.2. The third-order valence-corrected chi connectivity index (χ3v) is 5.38. The smallest absolute Gasteiger partial charge is 0.225 e. The zero-order valence-electron chi connectivity index (χ0n) is 15.5. The highest BCUT2D eigenvalue weighted by molar-refractivity contribution is 6.32. The molecule has 2 aromatic carbocycles. The fourth-order valence-electron chi connectivity index (χ4n) is 3.73. The molecule has 0 bridgehead atoms. The number of methoxy groups -OCH3 is 1. The fourth-order valence-corrected chi connectivity index (χ4v) is 3.98.